The fourth-order valence-corrected chi connectivity index (χ4v) is 8.17. The van der Waals surface area contributed by atoms with Crippen LogP contribution in [0.4, 0.5) is 0 Å². The molecule has 0 saturated carbocycles. The van der Waals surface area contributed by atoms with Crippen LogP contribution in [-0.2, 0) is 37.7 Å². The number of ether oxygens (including phenoxy) is 1. The van der Waals surface area contributed by atoms with Gasteiger partial charge in [-0.05, 0) is 92.9 Å². The number of halogens is 1. The van der Waals surface area contributed by atoms with E-state index >= 15 is 0 Å². The Hall–Kier alpha value is -4.34. The lowest BCUT2D eigenvalue weighted by atomic mass is 9.61. The Labute approximate surface area is 321 Å². The number of rotatable bonds is 7. The molecule has 280 valence electrons. The van der Waals surface area contributed by atoms with Gasteiger partial charge in [0.25, 0.3) is 0 Å². The number of fused-ring (bicyclic) bond motifs is 2. The number of carboxylic acid groups (broad SMARTS) is 1. The molecule has 0 fully saturated rings. The van der Waals surface area contributed by atoms with E-state index in [1.807, 2.05) is 47.3 Å². The maximum Gasteiger partial charge on any atom is 0.335 e. The van der Waals surface area contributed by atoms with Gasteiger partial charge in [0.2, 0.25) is 0 Å². The number of benzene rings is 3. The molecule has 0 amide bonds. The molecule has 6 rings (SSSR count). The Morgan fingerprint density at radius 2 is 1.47 bits per heavy atom. The molecular formula is C44H51BrN2O6. The first kappa shape index (κ1) is 39.9. The fraction of sp³-hybridized carbons (Fsp3) is 0.409. The summed E-state index contributed by atoms with van der Waals surface area (Å²) in [7, 11) is 0. The van der Waals surface area contributed by atoms with Crippen LogP contribution in [-0.4, -0.2) is 50.4 Å². The number of aromatic carboxylic acids is 1. The first-order valence-corrected chi connectivity index (χ1v) is 18.8. The second-order valence-electron chi connectivity index (χ2n) is 16.8. The highest BCUT2D eigenvalue weighted by Crippen LogP contribution is 2.49. The fourth-order valence-electron chi connectivity index (χ4n) is 7.73. The molecule has 4 aromatic rings. The van der Waals surface area contributed by atoms with Crippen LogP contribution in [0.1, 0.15) is 135 Å². The molecule has 2 aliphatic carbocycles. The molecule has 2 N–H and O–H groups in total. The summed E-state index contributed by atoms with van der Waals surface area (Å²) in [6.45, 7) is 19.1. The second kappa shape index (κ2) is 14.8. The zero-order valence-corrected chi connectivity index (χ0v) is 33.7. The largest absolute Gasteiger partial charge is 0.478 e. The van der Waals surface area contributed by atoms with E-state index in [1.54, 1.807) is 18.3 Å². The van der Waals surface area contributed by atoms with Gasteiger partial charge in [-0.3, -0.25) is 14.3 Å². The highest BCUT2D eigenvalue weighted by Gasteiger charge is 2.46. The molecule has 53 heavy (non-hydrogen) atoms. The van der Waals surface area contributed by atoms with E-state index in [1.165, 1.54) is 23.6 Å². The second-order valence-corrected chi connectivity index (χ2v) is 17.7. The average Bonchev–Trinajstić information content (AvgIpc) is 3.59. The van der Waals surface area contributed by atoms with Crippen molar-refractivity contribution in [3.8, 4) is 0 Å². The van der Waals surface area contributed by atoms with Crippen LogP contribution in [0.25, 0.3) is 12.2 Å². The summed E-state index contributed by atoms with van der Waals surface area (Å²) in [6.07, 6.45) is 9.52. The van der Waals surface area contributed by atoms with E-state index in [0.717, 1.165) is 45.9 Å². The Kier molecular flexibility index (Phi) is 11.1. The zero-order valence-electron chi connectivity index (χ0n) is 32.2. The summed E-state index contributed by atoms with van der Waals surface area (Å²) in [4.78, 5) is 33.8. The highest BCUT2D eigenvalue weighted by atomic mass is 79.9. The first-order valence-electron chi connectivity index (χ1n) is 18.0. The monoisotopic (exact) mass is 782 g/mol. The van der Waals surface area contributed by atoms with E-state index in [9.17, 15) is 19.5 Å². The molecule has 2 unspecified atom stereocenters. The third-order valence-corrected chi connectivity index (χ3v) is 11.9. The average molecular weight is 784 g/mol. The van der Waals surface area contributed by atoms with Gasteiger partial charge < -0.3 is 14.9 Å². The quantitative estimate of drug-likeness (QED) is 0.109. The van der Waals surface area contributed by atoms with Gasteiger partial charge in [0.15, 0.2) is 6.29 Å². The van der Waals surface area contributed by atoms with Crippen LogP contribution in [0.2, 0.25) is 0 Å². The molecular weight excluding hydrogens is 732 g/mol. The maximum atomic E-state index is 11.4. The molecule has 2 atom stereocenters. The molecule has 9 heteroatoms. The van der Waals surface area contributed by atoms with Crippen molar-refractivity contribution in [1.82, 2.24) is 9.78 Å². The summed E-state index contributed by atoms with van der Waals surface area (Å²) >= 11 is 3.46. The number of hydrogen-bond donors (Lipinski definition) is 2. The first-order chi connectivity index (χ1) is 24.7. The van der Waals surface area contributed by atoms with Gasteiger partial charge >= 0.3 is 11.9 Å². The highest BCUT2D eigenvalue weighted by molar-refractivity contribution is 9.10. The standard InChI is InChI=1S/C27H30N2O3.C17H21BrO3/c1-26(2)16-24(30)27(3,4)23-14-20(11-8-18-6-9-19(10-7-18)25(31)32)21(15-22(23)26)17-29-13-5-12-28-29;1-10(20)21-15-8-16(2,3)12-7-14(18)11(9-19)6-13(12)17(15,4)5/h5-15,24,30H,16-17H2,1-4H3,(H,31,32);6-7,9,15H,8H2,1-5H3/b11-8+;. The molecule has 2 aliphatic rings. The topological polar surface area (TPSA) is 119 Å². The summed E-state index contributed by atoms with van der Waals surface area (Å²) < 4.78 is 8.29. The van der Waals surface area contributed by atoms with E-state index in [0.29, 0.717) is 12.1 Å². The number of carbonyl (C=O) groups excluding carboxylic acids is 2. The Morgan fingerprint density at radius 3 is 2.06 bits per heavy atom. The van der Waals surface area contributed by atoms with Gasteiger partial charge in [0.05, 0.1) is 18.2 Å². The van der Waals surface area contributed by atoms with Crippen molar-refractivity contribution in [2.45, 2.75) is 116 Å². The van der Waals surface area contributed by atoms with Crippen molar-refractivity contribution in [2.75, 3.05) is 0 Å². The summed E-state index contributed by atoms with van der Waals surface area (Å²) in [5.74, 6) is -1.19. The number of aliphatic hydroxyl groups excluding tert-OH is 1. The van der Waals surface area contributed by atoms with Crippen molar-refractivity contribution >= 4 is 46.3 Å². The maximum absolute atomic E-state index is 11.4. The van der Waals surface area contributed by atoms with Crippen molar-refractivity contribution in [3.05, 3.63) is 122 Å². The molecule has 1 heterocycles. The van der Waals surface area contributed by atoms with Crippen LogP contribution in [0.5, 0.6) is 0 Å². The summed E-state index contributed by atoms with van der Waals surface area (Å²) in [5, 5.41) is 24.4. The number of carboxylic acids is 1. The van der Waals surface area contributed by atoms with Gasteiger partial charge in [-0.2, -0.15) is 5.10 Å². The molecule has 0 aliphatic heterocycles. The van der Waals surface area contributed by atoms with E-state index in [2.05, 4.69) is 94.6 Å². The van der Waals surface area contributed by atoms with Crippen LogP contribution >= 0.6 is 15.9 Å². The van der Waals surface area contributed by atoms with Crippen LogP contribution in [0.3, 0.4) is 0 Å². The Bertz CT molecular complexity index is 2040. The van der Waals surface area contributed by atoms with Crippen LogP contribution in [0, 0.1) is 0 Å². The van der Waals surface area contributed by atoms with Gasteiger partial charge in [-0.1, -0.05) is 108 Å². The van der Waals surface area contributed by atoms with Gasteiger partial charge in [0.1, 0.15) is 6.10 Å². The van der Waals surface area contributed by atoms with Gasteiger partial charge in [-0.25, -0.2) is 4.79 Å². The number of aldehydes is 1. The summed E-state index contributed by atoms with van der Waals surface area (Å²) in [6, 6.07) is 17.2. The van der Waals surface area contributed by atoms with E-state index in [-0.39, 0.29) is 39.3 Å². The van der Waals surface area contributed by atoms with E-state index in [4.69, 9.17) is 9.84 Å². The van der Waals surface area contributed by atoms with Crippen molar-refractivity contribution in [3.63, 3.8) is 0 Å². The molecule has 1 aromatic heterocycles. The van der Waals surface area contributed by atoms with Crippen LogP contribution < -0.4 is 0 Å². The number of carbonyl (C=O) groups is 3. The van der Waals surface area contributed by atoms with E-state index < -0.39 is 12.1 Å². The lowest BCUT2D eigenvalue weighted by molar-refractivity contribution is -0.151. The molecule has 0 spiro atoms. The Morgan fingerprint density at radius 1 is 0.868 bits per heavy atom. The number of hydrogen-bond acceptors (Lipinski definition) is 6. The number of aromatic nitrogens is 2. The summed E-state index contributed by atoms with van der Waals surface area (Å²) in [5.41, 5.74) is 7.87. The minimum Gasteiger partial charge on any atom is -0.478 e. The van der Waals surface area contributed by atoms with Crippen molar-refractivity contribution in [1.29, 1.82) is 0 Å². The minimum atomic E-state index is -0.930. The number of aliphatic hydroxyl groups is 1. The minimum absolute atomic E-state index is 0.116. The van der Waals surface area contributed by atoms with Crippen molar-refractivity contribution < 1.29 is 29.3 Å². The molecule has 3 aromatic carbocycles. The number of nitrogens with zero attached hydrogens (tertiary/aromatic N) is 2. The lowest BCUT2D eigenvalue weighted by Crippen LogP contribution is -2.47. The van der Waals surface area contributed by atoms with Gasteiger partial charge in [-0.15, -0.1) is 0 Å². The molecule has 8 nitrogen and oxygen atoms in total. The Balaban J connectivity index is 0.000000224. The molecule has 0 bridgehead atoms. The molecule has 0 saturated heterocycles. The smallest absolute Gasteiger partial charge is 0.335 e. The number of esters is 1. The predicted molar refractivity (Wildman–Crippen MR) is 213 cm³/mol. The van der Waals surface area contributed by atoms with Crippen LogP contribution in [0.15, 0.2) is 71.5 Å². The predicted octanol–water partition coefficient (Wildman–Crippen LogP) is 9.27. The van der Waals surface area contributed by atoms with Crippen molar-refractivity contribution in [2.24, 2.45) is 0 Å². The lowest BCUT2D eigenvalue weighted by Gasteiger charge is -2.47. The third-order valence-electron chi connectivity index (χ3n) is 11.2. The third kappa shape index (κ3) is 8.26. The zero-order chi connectivity index (χ0) is 39.1. The SMILES string of the molecule is CC(=O)OC1CC(C)(C)c2cc(Br)c(C=O)cc2C1(C)C.CC1(C)CC(O)C(C)(C)c2cc(/C=C/c3ccc(C(=O)O)cc3)c(Cn3cccn3)cc21. The molecule has 0 radical (unpaired) electrons. The van der Waals surface area contributed by atoms with Gasteiger partial charge in [0, 0.05) is 40.2 Å². The normalized spacial score (nSPS) is 20.4.